The first-order valence-corrected chi connectivity index (χ1v) is 7.67. The molecular formula is C15H34N2. The standard InChI is InChI=1S/C15H34N2/c1-5-9-10-14(6-2)13-17(12-11-16)15(7-3)8-4/h14-15H,5-13,16H2,1-4H3. The maximum atomic E-state index is 5.75. The molecule has 2 heteroatoms. The summed E-state index contributed by atoms with van der Waals surface area (Å²) in [5, 5.41) is 0. The molecule has 0 amide bonds. The van der Waals surface area contributed by atoms with E-state index in [9.17, 15) is 0 Å². The zero-order valence-corrected chi connectivity index (χ0v) is 12.5. The van der Waals surface area contributed by atoms with Crippen LogP contribution in [0.3, 0.4) is 0 Å². The van der Waals surface area contributed by atoms with Gasteiger partial charge in [0.15, 0.2) is 0 Å². The van der Waals surface area contributed by atoms with Crippen LogP contribution in [-0.4, -0.2) is 30.6 Å². The van der Waals surface area contributed by atoms with Crippen LogP contribution in [0.1, 0.15) is 66.2 Å². The Morgan fingerprint density at radius 3 is 2.06 bits per heavy atom. The SMILES string of the molecule is CCCCC(CC)CN(CCN)C(CC)CC. The van der Waals surface area contributed by atoms with Crippen LogP contribution in [-0.2, 0) is 0 Å². The summed E-state index contributed by atoms with van der Waals surface area (Å²) in [5.41, 5.74) is 5.75. The fourth-order valence-electron chi connectivity index (χ4n) is 2.64. The summed E-state index contributed by atoms with van der Waals surface area (Å²) in [5.74, 6) is 0.863. The van der Waals surface area contributed by atoms with E-state index in [-0.39, 0.29) is 0 Å². The van der Waals surface area contributed by atoms with E-state index in [1.165, 1.54) is 45.1 Å². The lowest BCUT2D eigenvalue weighted by atomic mass is 9.97. The fraction of sp³-hybridized carbons (Fsp3) is 1.00. The van der Waals surface area contributed by atoms with Gasteiger partial charge in [-0.3, -0.25) is 4.90 Å². The monoisotopic (exact) mass is 242 g/mol. The highest BCUT2D eigenvalue weighted by Gasteiger charge is 2.18. The van der Waals surface area contributed by atoms with Crippen LogP contribution in [0.2, 0.25) is 0 Å². The molecule has 0 heterocycles. The molecule has 0 aliphatic carbocycles. The molecule has 0 bridgehead atoms. The van der Waals surface area contributed by atoms with Crippen molar-refractivity contribution < 1.29 is 0 Å². The maximum Gasteiger partial charge on any atom is 0.0108 e. The number of hydrogen-bond acceptors (Lipinski definition) is 2. The first kappa shape index (κ1) is 16.9. The van der Waals surface area contributed by atoms with Crippen LogP contribution in [0.4, 0.5) is 0 Å². The summed E-state index contributed by atoms with van der Waals surface area (Å²) in [4.78, 5) is 2.63. The smallest absolute Gasteiger partial charge is 0.0108 e. The summed E-state index contributed by atoms with van der Waals surface area (Å²) >= 11 is 0. The van der Waals surface area contributed by atoms with Gasteiger partial charge in [-0.1, -0.05) is 47.0 Å². The molecule has 17 heavy (non-hydrogen) atoms. The zero-order chi connectivity index (χ0) is 13.1. The third kappa shape index (κ3) is 7.05. The van der Waals surface area contributed by atoms with Gasteiger partial charge in [-0.15, -0.1) is 0 Å². The Bertz CT molecular complexity index is 155. The van der Waals surface area contributed by atoms with Crippen molar-refractivity contribution >= 4 is 0 Å². The Balaban J connectivity index is 4.27. The van der Waals surface area contributed by atoms with Gasteiger partial charge < -0.3 is 5.73 Å². The molecule has 0 saturated heterocycles. The van der Waals surface area contributed by atoms with Gasteiger partial charge in [-0.05, 0) is 25.2 Å². The fourth-order valence-corrected chi connectivity index (χ4v) is 2.64. The summed E-state index contributed by atoms with van der Waals surface area (Å²) < 4.78 is 0. The second kappa shape index (κ2) is 11.0. The largest absolute Gasteiger partial charge is 0.329 e. The molecule has 0 rings (SSSR count). The first-order chi connectivity index (χ1) is 8.23. The van der Waals surface area contributed by atoms with Gasteiger partial charge in [0, 0.05) is 25.7 Å². The number of nitrogens with two attached hydrogens (primary N) is 1. The molecule has 0 spiro atoms. The van der Waals surface area contributed by atoms with E-state index in [1.807, 2.05) is 0 Å². The Kier molecular flexibility index (Phi) is 11.0. The Labute approximate surface area is 109 Å². The van der Waals surface area contributed by atoms with Crippen molar-refractivity contribution in [2.24, 2.45) is 11.7 Å². The highest BCUT2D eigenvalue weighted by molar-refractivity contribution is 4.73. The van der Waals surface area contributed by atoms with E-state index >= 15 is 0 Å². The second-order valence-corrected chi connectivity index (χ2v) is 5.17. The lowest BCUT2D eigenvalue weighted by Crippen LogP contribution is -2.41. The maximum absolute atomic E-state index is 5.75. The number of unbranched alkanes of at least 4 members (excludes halogenated alkanes) is 1. The molecule has 0 aliphatic heterocycles. The Hall–Kier alpha value is -0.0800. The van der Waals surface area contributed by atoms with Gasteiger partial charge >= 0.3 is 0 Å². The lowest BCUT2D eigenvalue weighted by Gasteiger charge is -2.33. The van der Waals surface area contributed by atoms with Crippen LogP contribution in [0.15, 0.2) is 0 Å². The summed E-state index contributed by atoms with van der Waals surface area (Å²) in [6, 6.07) is 0.731. The summed E-state index contributed by atoms with van der Waals surface area (Å²) in [6.07, 6.45) is 7.88. The summed E-state index contributed by atoms with van der Waals surface area (Å²) in [6.45, 7) is 12.3. The van der Waals surface area contributed by atoms with E-state index in [0.29, 0.717) is 0 Å². The number of hydrogen-bond donors (Lipinski definition) is 1. The van der Waals surface area contributed by atoms with E-state index in [4.69, 9.17) is 5.73 Å². The minimum Gasteiger partial charge on any atom is -0.329 e. The van der Waals surface area contributed by atoms with E-state index < -0.39 is 0 Å². The van der Waals surface area contributed by atoms with Crippen molar-refractivity contribution in [1.82, 2.24) is 4.90 Å². The van der Waals surface area contributed by atoms with Gasteiger partial charge in [0.1, 0.15) is 0 Å². The Morgan fingerprint density at radius 2 is 1.65 bits per heavy atom. The molecule has 1 unspecified atom stereocenters. The molecule has 2 nitrogen and oxygen atoms in total. The molecule has 0 aliphatic rings. The summed E-state index contributed by atoms with van der Waals surface area (Å²) in [7, 11) is 0. The molecule has 104 valence electrons. The predicted octanol–water partition coefficient (Wildman–Crippen LogP) is 3.65. The third-order valence-corrected chi connectivity index (χ3v) is 3.91. The van der Waals surface area contributed by atoms with Crippen molar-refractivity contribution in [1.29, 1.82) is 0 Å². The van der Waals surface area contributed by atoms with Crippen molar-refractivity contribution in [3.05, 3.63) is 0 Å². The average molecular weight is 242 g/mol. The van der Waals surface area contributed by atoms with E-state index in [2.05, 4.69) is 32.6 Å². The first-order valence-electron chi connectivity index (χ1n) is 7.67. The van der Waals surface area contributed by atoms with Crippen LogP contribution in [0.5, 0.6) is 0 Å². The number of rotatable bonds is 11. The minimum absolute atomic E-state index is 0.731. The highest BCUT2D eigenvalue weighted by Crippen LogP contribution is 2.17. The zero-order valence-electron chi connectivity index (χ0n) is 12.5. The molecular weight excluding hydrogens is 208 g/mol. The molecule has 0 radical (unpaired) electrons. The number of nitrogens with zero attached hydrogens (tertiary/aromatic N) is 1. The second-order valence-electron chi connectivity index (χ2n) is 5.17. The van der Waals surface area contributed by atoms with Crippen LogP contribution < -0.4 is 5.73 Å². The van der Waals surface area contributed by atoms with E-state index in [1.54, 1.807) is 0 Å². The molecule has 0 aromatic rings. The molecule has 2 N–H and O–H groups in total. The Morgan fingerprint density at radius 1 is 1.00 bits per heavy atom. The normalized spacial score (nSPS) is 13.6. The quantitative estimate of drug-likeness (QED) is 0.599. The van der Waals surface area contributed by atoms with Gasteiger partial charge in [-0.2, -0.15) is 0 Å². The van der Waals surface area contributed by atoms with Crippen LogP contribution in [0, 0.1) is 5.92 Å². The van der Waals surface area contributed by atoms with Gasteiger partial charge in [0.05, 0.1) is 0 Å². The van der Waals surface area contributed by atoms with Crippen molar-refractivity contribution in [2.45, 2.75) is 72.3 Å². The molecule has 0 aromatic carbocycles. The average Bonchev–Trinajstić information content (AvgIpc) is 2.35. The third-order valence-electron chi connectivity index (χ3n) is 3.91. The van der Waals surface area contributed by atoms with Crippen molar-refractivity contribution in [2.75, 3.05) is 19.6 Å². The van der Waals surface area contributed by atoms with Crippen LogP contribution >= 0.6 is 0 Å². The van der Waals surface area contributed by atoms with Crippen molar-refractivity contribution in [3.63, 3.8) is 0 Å². The highest BCUT2D eigenvalue weighted by atomic mass is 15.2. The lowest BCUT2D eigenvalue weighted by molar-refractivity contribution is 0.155. The van der Waals surface area contributed by atoms with E-state index in [0.717, 1.165) is 25.0 Å². The van der Waals surface area contributed by atoms with Crippen molar-refractivity contribution in [3.8, 4) is 0 Å². The molecule has 0 saturated carbocycles. The molecule has 0 fully saturated rings. The van der Waals surface area contributed by atoms with Gasteiger partial charge in [0.25, 0.3) is 0 Å². The molecule has 0 aromatic heterocycles. The predicted molar refractivity (Wildman–Crippen MR) is 78.3 cm³/mol. The van der Waals surface area contributed by atoms with Gasteiger partial charge in [0.2, 0.25) is 0 Å². The van der Waals surface area contributed by atoms with Crippen LogP contribution in [0.25, 0.3) is 0 Å². The molecule has 1 atom stereocenters. The minimum atomic E-state index is 0.731. The van der Waals surface area contributed by atoms with Gasteiger partial charge in [-0.25, -0.2) is 0 Å². The topological polar surface area (TPSA) is 29.3 Å².